The predicted molar refractivity (Wildman–Crippen MR) is 166 cm³/mol. The van der Waals surface area contributed by atoms with Gasteiger partial charge in [0.15, 0.2) is 11.5 Å². The molecule has 214 valence electrons. The molecule has 1 atom stereocenters. The number of unbranched alkanes of at least 4 members (excludes halogenated alkanes) is 2. The van der Waals surface area contributed by atoms with Crippen molar-refractivity contribution in [2.24, 2.45) is 0 Å². The molecule has 2 N–H and O–H groups in total. The lowest BCUT2D eigenvalue weighted by atomic mass is 9.94. The number of rotatable bonds is 12. The zero-order valence-corrected chi connectivity index (χ0v) is 26.5. The Labute approximate surface area is 249 Å². The highest BCUT2D eigenvalue weighted by molar-refractivity contribution is 9.10. The number of carbonyl (C=O) groups excluding carboxylic acids is 1. The number of nitrogens with one attached hydrogen (secondary N) is 2. The fourth-order valence-corrected chi connectivity index (χ4v) is 5.80. The van der Waals surface area contributed by atoms with E-state index in [9.17, 15) is 4.79 Å². The third-order valence-corrected chi connectivity index (χ3v) is 8.15. The molecule has 1 unspecified atom stereocenters. The van der Waals surface area contributed by atoms with Crippen LogP contribution < -0.4 is 20.1 Å². The summed E-state index contributed by atoms with van der Waals surface area (Å²) >= 11 is 5.29. The number of thioether (sulfide) groups is 1. The van der Waals surface area contributed by atoms with Gasteiger partial charge in [-0.15, -0.1) is 5.10 Å². The van der Waals surface area contributed by atoms with Gasteiger partial charge in [-0.1, -0.05) is 50.6 Å². The number of hydrogen-bond donors (Lipinski definition) is 2. The van der Waals surface area contributed by atoms with Crippen molar-refractivity contribution in [2.45, 2.75) is 72.0 Å². The van der Waals surface area contributed by atoms with Crippen LogP contribution in [0.5, 0.6) is 11.5 Å². The Morgan fingerprint density at radius 1 is 1.15 bits per heavy atom. The lowest BCUT2D eigenvalue weighted by molar-refractivity contribution is -0.113. The number of carbonyl (C=O) groups is 1. The maximum Gasteiger partial charge on any atom is 0.255 e. The van der Waals surface area contributed by atoms with Gasteiger partial charge in [0.1, 0.15) is 6.04 Å². The molecule has 2 aromatic carbocycles. The molecule has 1 aromatic heterocycles. The molecule has 0 fully saturated rings. The molecular formula is C30H38BrN5O3S. The number of hydrogen-bond acceptors (Lipinski definition) is 7. The summed E-state index contributed by atoms with van der Waals surface area (Å²) in [6.45, 7) is 13.2. The van der Waals surface area contributed by atoms with Gasteiger partial charge < -0.3 is 20.1 Å². The number of benzene rings is 2. The van der Waals surface area contributed by atoms with Crippen LogP contribution in [0.3, 0.4) is 0 Å². The first-order valence-corrected chi connectivity index (χ1v) is 15.6. The molecule has 0 saturated carbocycles. The van der Waals surface area contributed by atoms with Gasteiger partial charge in [0, 0.05) is 11.4 Å². The lowest BCUT2D eigenvalue weighted by Gasteiger charge is -2.29. The van der Waals surface area contributed by atoms with Crippen molar-refractivity contribution in [3.8, 4) is 11.5 Å². The van der Waals surface area contributed by atoms with Crippen molar-refractivity contribution in [2.75, 3.05) is 29.6 Å². The van der Waals surface area contributed by atoms with E-state index < -0.39 is 6.04 Å². The van der Waals surface area contributed by atoms with Crippen LogP contribution >= 0.6 is 27.7 Å². The molecule has 1 aliphatic rings. The quantitative estimate of drug-likeness (QED) is 0.157. The number of fused-ring (bicyclic) bond motifs is 1. The molecule has 0 aliphatic carbocycles. The second-order valence-electron chi connectivity index (χ2n) is 9.68. The van der Waals surface area contributed by atoms with Crippen molar-refractivity contribution < 1.29 is 14.3 Å². The van der Waals surface area contributed by atoms with Crippen molar-refractivity contribution in [1.29, 1.82) is 0 Å². The van der Waals surface area contributed by atoms with Crippen LogP contribution in [0.25, 0.3) is 0 Å². The number of amides is 1. The van der Waals surface area contributed by atoms with E-state index in [1.165, 1.54) is 0 Å². The minimum atomic E-state index is -0.537. The molecular weight excluding hydrogens is 590 g/mol. The standard InChI is InChI=1S/C30H38BrN5O3S/c1-7-10-11-15-39-27-22(31)16-21(17-24(27)38-8-2)26-25(28(37)33-23-14-12-13-18(4)19(23)5)20(6)32-29-34-30(40-9-3)35-36(26)29/h12-14,16-17,26H,7-11,15H2,1-6H3,(H,33,37)(H,32,34,35). The van der Waals surface area contributed by atoms with E-state index in [1.807, 2.05) is 58.0 Å². The number of anilines is 2. The van der Waals surface area contributed by atoms with Gasteiger partial charge in [-0.25, -0.2) is 4.68 Å². The van der Waals surface area contributed by atoms with E-state index in [0.717, 1.165) is 57.6 Å². The van der Waals surface area contributed by atoms with Gasteiger partial charge in [0.25, 0.3) is 5.91 Å². The number of aromatic nitrogens is 3. The van der Waals surface area contributed by atoms with Crippen LogP contribution in [-0.2, 0) is 4.79 Å². The average Bonchev–Trinajstić information content (AvgIpc) is 3.31. The highest BCUT2D eigenvalue weighted by atomic mass is 79.9. The van der Waals surface area contributed by atoms with Crippen LogP contribution in [0.1, 0.15) is 69.7 Å². The van der Waals surface area contributed by atoms with Crippen molar-refractivity contribution >= 4 is 45.2 Å². The molecule has 0 radical (unpaired) electrons. The van der Waals surface area contributed by atoms with Crippen molar-refractivity contribution in [3.63, 3.8) is 0 Å². The first kappa shape index (κ1) is 30.0. The van der Waals surface area contributed by atoms with E-state index in [2.05, 4.69) is 40.4 Å². The summed E-state index contributed by atoms with van der Waals surface area (Å²) < 4.78 is 14.8. The summed E-state index contributed by atoms with van der Waals surface area (Å²) in [5.41, 5.74) is 5.03. The Balaban J connectivity index is 1.80. The minimum Gasteiger partial charge on any atom is -0.490 e. The van der Waals surface area contributed by atoms with E-state index in [1.54, 1.807) is 16.4 Å². The van der Waals surface area contributed by atoms with E-state index in [-0.39, 0.29) is 5.91 Å². The SMILES string of the molecule is CCCCCOc1c(Br)cc(C2C(C(=O)Nc3cccc(C)c3C)=C(C)Nc3nc(SCC)nn32)cc1OCC. The van der Waals surface area contributed by atoms with Gasteiger partial charge >= 0.3 is 0 Å². The molecule has 3 aromatic rings. The van der Waals surface area contributed by atoms with Crippen molar-refractivity contribution in [3.05, 3.63) is 62.8 Å². The maximum atomic E-state index is 14.0. The Morgan fingerprint density at radius 2 is 1.95 bits per heavy atom. The van der Waals surface area contributed by atoms with Gasteiger partial charge in [0.05, 0.1) is 23.3 Å². The molecule has 0 spiro atoms. The summed E-state index contributed by atoms with van der Waals surface area (Å²) in [5, 5.41) is 11.9. The second-order valence-corrected chi connectivity index (χ2v) is 11.8. The summed E-state index contributed by atoms with van der Waals surface area (Å²) in [6.07, 6.45) is 3.19. The number of nitrogens with zero attached hydrogens (tertiary/aromatic N) is 3. The molecule has 40 heavy (non-hydrogen) atoms. The second kappa shape index (κ2) is 13.6. The molecule has 0 bridgehead atoms. The molecule has 1 aliphatic heterocycles. The Bertz CT molecular complexity index is 1400. The van der Waals surface area contributed by atoms with Crippen LogP contribution in [0, 0.1) is 13.8 Å². The Kier molecular flexibility index (Phi) is 10.2. The topological polar surface area (TPSA) is 90.3 Å². The lowest BCUT2D eigenvalue weighted by Crippen LogP contribution is -2.31. The van der Waals surface area contributed by atoms with Crippen LogP contribution in [0.15, 0.2) is 51.2 Å². The summed E-state index contributed by atoms with van der Waals surface area (Å²) in [5.74, 6) is 2.52. The van der Waals surface area contributed by atoms with Crippen LogP contribution in [0.2, 0.25) is 0 Å². The van der Waals surface area contributed by atoms with Crippen molar-refractivity contribution in [1.82, 2.24) is 14.8 Å². The first-order valence-electron chi connectivity index (χ1n) is 13.8. The van der Waals surface area contributed by atoms with E-state index in [4.69, 9.17) is 19.6 Å². The van der Waals surface area contributed by atoms with Gasteiger partial charge in [-0.05, 0) is 90.7 Å². The number of halogens is 1. The van der Waals surface area contributed by atoms with E-state index >= 15 is 0 Å². The predicted octanol–water partition coefficient (Wildman–Crippen LogP) is 7.66. The first-order chi connectivity index (χ1) is 19.3. The Hall–Kier alpha value is -2.98. The number of allylic oxidation sites excluding steroid dienone is 1. The smallest absolute Gasteiger partial charge is 0.255 e. The summed E-state index contributed by atoms with van der Waals surface area (Å²) in [6, 6.07) is 9.31. The minimum absolute atomic E-state index is 0.205. The summed E-state index contributed by atoms with van der Waals surface area (Å²) in [4.78, 5) is 18.7. The number of ether oxygens (including phenoxy) is 2. The molecule has 4 rings (SSSR count). The molecule has 2 heterocycles. The molecule has 8 nitrogen and oxygen atoms in total. The summed E-state index contributed by atoms with van der Waals surface area (Å²) in [7, 11) is 0. The molecule has 10 heteroatoms. The average molecular weight is 629 g/mol. The highest BCUT2D eigenvalue weighted by Crippen LogP contribution is 2.43. The van der Waals surface area contributed by atoms with E-state index in [0.29, 0.717) is 41.4 Å². The largest absolute Gasteiger partial charge is 0.490 e. The molecule has 0 saturated heterocycles. The highest BCUT2D eigenvalue weighted by Gasteiger charge is 2.35. The third kappa shape index (κ3) is 6.49. The number of aryl methyl sites for hydroxylation is 1. The van der Waals surface area contributed by atoms with Gasteiger partial charge in [-0.3, -0.25) is 4.79 Å². The monoisotopic (exact) mass is 627 g/mol. The third-order valence-electron chi connectivity index (χ3n) is 6.85. The normalized spacial score (nSPS) is 14.5. The molecule has 1 amide bonds. The van der Waals surface area contributed by atoms with Gasteiger partial charge in [0.2, 0.25) is 11.1 Å². The van der Waals surface area contributed by atoms with Gasteiger partial charge in [-0.2, -0.15) is 4.98 Å². The maximum absolute atomic E-state index is 14.0. The zero-order chi connectivity index (χ0) is 28.8. The zero-order valence-electron chi connectivity index (χ0n) is 24.1. The Morgan fingerprint density at radius 3 is 2.67 bits per heavy atom. The van der Waals surface area contributed by atoms with Crippen LogP contribution in [0.4, 0.5) is 11.6 Å². The fraction of sp³-hybridized carbons (Fsp3) is 0.433. The van der Waals surface area contributed by atoms with Crippen LogP contribution in [-0.4, -0.2) is 39.6 Å². The fourth-order valence-electron chi connectivity index (χ4n) is 4.68.